The van der Waals surface area contributed by atoms with Crippen LogP contribution < -0.4 is 5.73 Å². The molecule has 6 heteroatoms. The number of anilines is 1. The van der Waals surface area contributed by atoms with Gasteiger partial charge in [-0.3, -0.25) is 9.36 Å². The number of hydrogen-bond donors (Lipinski definition) is 1. The van der Waals surface area contributed by atoms with Crippen molar-refractivity contribution in [3.8, 4) is 0 Å². The molecule has 0 bridgehead atoms. The van der Waals surface area contributed by atoms with Crippen molar-refractivity contribution >= 4 is 17.4 Å². The zero-order valence-electron chi connectivity index (χ0n) is 10.5. The fraction of sp³-hybridized carbons (Fsp3) is 0.455. The highest BCUT2D eigenvalue weighted by molar-refractivity contribution is 7.99. The maximum absolute atomic E-state index is 6.06. The second-order valence-corrected chi connectivity index (χ2v) is 5.36. The van der Waals surface area contributed by atoms with Crippen LogP contribution in [0.3, 0.4) is 0 Å². The molecule has 0 unspecified atom stereocenters. The number of nitrogens with zero attached hydrogens (tertiary/aromatic N) is 4. The summed E-state index contributed by atoms with van der Waals surface area (Å²) in [6.45, 7) is 6.12. The van der Waals surface area contributed by atoms with Crippen LogP contribution in [0.5, 0.6) is 0 Å². The van der Waals surface area contributed by atoms with E-state index in [0.29, 0.717) is 6.04 Å². The van der Waals surface area contributed by atoms with Crippen LogP contribution in [-0.2, 0) is 7.05 Å². The van der Waals surface area contributed by atoms with Crippen molar-refractivity contribution in [2.45, 2.75) is 36.7 Å². The third-order valence-corrected chi connectivity index (χ3v) is 3.52. The normalized spacial score (nSPS) is 11.4. The first-order valence-electron chi connectivity index (χ1n) is 5.50. The number of nitrogen functional groups attached to an aromatic ring is 1. The number of hydrogen-bond acceptors (Lipinski definition) is 4. The largest absolute Gasteiger partial charge is 0.395 e. The van der Waals surface area contributed by atoms with E-state index in [1.54, 1.807) is 16.4 Å². The lowest BCUT2D eigenvalue weighted by atomic mass is 10.4. The number of rotatable bonds is 3. The molecule has 0 aromatic carbocycles. The van der Waals surface area contributed by atoms with Crippen LogP contribution in [-0.4, -0.2) is 19.6 Å². The van der Waals surface area contributed by atoms with Crippen molar-refractivity contribution in [3.63, 3.8) is 0 Å². The third-order valence-electron chi connectivity index (χ3n) is 2.47. The number of nitrogens with two attached hydrogens (primary N) is 1. The van der Waals surface area contributed by atoms with Gasteiger partial charge in [-0.25, -0.2) is 0 Å². The summed E-state index contributed by atoms with van der Waals surface area (Å²) in [5.41, 5.74) is 7.70. The Hall–Kier alpha value is -1.43. The zero-order valence-corrected chi connectivity index (χ0v) is 11.3. The van der Waals surface area contributed by atoms with Crippen molar-refractivity contribution < 1.29 is 0 Å². The highest BCUT2D eigenvalue weighted by atomic mass is 32.2. The van der Waals surface area contributed by atoms with Gasteiger partial charge >= 0.3 is 0 Å². The Morgan fingerprint density at radius 1 is 1.41 bits per heavy atom. The highest BCUT2D eigenvalue weighted by Crippen LogP contribution is 2.34. The molecular formula is C11H17N5S. The van der Waals surface area contributed by atoms with Gasteiger partial charge in [-0.1, -0.05) is 11.8 Å². The monoisotopic (exact) mass is 251 g/mol. The molecule has 0 fully saturated rings. The Bertz CT molecular complexity index is 526. The lowest BCUT2D eigenvalue weighted by Crippen LogP contribution is -2.04. The number of aryl methyl sites for hydroxylation is 2. The fourth-order valence-electron chi connectivity index (χ4n) is 1.55. The van der Waals surface area contributed by atoms with Crippen molar-refractivity contribution in [2.75, 3.05) is 5.73 Å². The molecule has 0 spiro atoms. The Morgan fingerprint density at radius 2 is 2.12 bits per heavy atom. The van der Waals surface area contributed by atoms with E-state index in [9.17, 15) is 0 Å². The molecule has 0 saturated carbocycles. The molecule has 17 heavy (non-hydrogen) atoms. The summed E-state index contributed by atoms with van der Waals surface area (Å²) in [6.07, 6.45) is 3.80. The molecule has 0 aliphatic heterocycles. The van der Waals surface area contributed by atoms with Crippen LogP contribution in [0, 0.1) is 6.92 Å². The molecule has 92 valence electrons. The SMILES string of the molecule is Cc1nn(C(C)C)c(Sc2cnn(C)c2)c1N. The van der Waals surface area contributed by atoms with E-state index in [0.717, 1.165) is 21.3 Å². The molecule has 0 amide bonds. The lowest BCUT2D eigenvalue weighted by Gasteiger charge is -2.09. The zero-order chi connectivity index (χ0) is 12.6. The van der Waals surface area contributed by atoms with Crippen molar-refractivity contribution in [1.82, 2.24) is 19.6 Å². The minimum atomic E-state index is 0.296. The first-order valence-corrected chi connectivity index (χ1v) is 6.31. The summed E-state index contributed by atoms with van der Waals surface area (Å²) >= 11 is 1.60. The summed E-state index contributed by atoms with van der Waals surface area (Å²) in [4.78, 5) is 1.07. The molecular weight excluding hydrogens is 234 g/mol. The molecule has 2 heterocycles. The van der Waals surface area contributed by atoms with E-state index in [4.69, 9.17) is 5.73 Å². The quantitative estimate of drug-likeness (QED) is 0.908. The Labute approximate surface area is 105 Å². The van der Waals surface area contributed by atoms with E-state index in [1.807, 2.05) is 31.0 Å². The minimum absolute atomic E-state index is 0.296. The first-order chi connectivity index (χ1) is 7.99. The first kappa shape index (κ1) is 12.0. The Balaban J connectivity index is 2.37. The van der Waals surface area contributed by atoms with Gasteiger partial charge in [0.05, 0.1) is 22.5 Å². The van der Waals surface area contributed by atoms with Crippen molar-refractivity contribution in [3.05, 3.63) is 18.1 Å². The van der Waals surface area contributed by atoms with Crippen LogP contribution in [0.1, 0.15) is 25.6 Å². The second kappa shape index (κ2) is 4.44. The van der Waals surface area contributed by atoms with Gasteiger partial charge in [0.25, 0.3) is 0 Å². The van der Waals surface area contributed by atoms with Crippen molar-refractivity contribution in [2.24, 2.45) is 7.05 Å². The molecule has 0 radical (unpaired) electrons. The van der Waals surface area contributed by atoms with E-state index in [-0.39, 0.29) is 0 Å². The van der Waals surface area contributed by atoms with E-state index < -0.39 is 0 Å². The average molecular weight is 251 g/mol. The van der Waals surface area contributed by atoms with Gasteiger partial charge in [0, 0.05) is 19.3 Å². The average Bonchev–Trinajstić information content (AvgIpc) is 2.77. The second-order valence-electron chi connectivity index (χ2n) is 4.29. The maximum Gasteiger partial charge on any atom is 0.122 e. The summed E-state index contributed by atoms with van der Waals surface area (Å²) in [5, 5.41) is 9.60. The predicted octanol–water partition coefficient (Wildman–Crippen LogP) is 2.24. The molecule has 0 aliphatic carbocycles. The van der Waals surface area contributed by atoms with E-state index in [2.05, 4.69) is 24.0 Å². The summed E-state index contributed by atoms with van der Waals surface area (Å²) in [6, 6.07) is 0.296. The Morgan fingerprint density at radius 3 is 2.65 bits per heavy atom. The van der Waals surface area contributed by atoms with Crippen LogP contribution in [0.25, 0.3) is 0 Å². The van der Waals surface area contributed by atoms with Crippen LogP contribution in [0.15, 0.2) is 22.3 Å². The van der Waals surface area contributed by atoms with Crippen molar-refractivity contribution in [1.29, 1.82) is 0 Å². The predicted molar refractivity (Wildman–Crippen MR) is 69.1 cm³/mol. The van der Waals surface area contributed by atoms with E-state index >= 15 is 0 Å². The molecule has 5 nitrogen and oxygen atoms in total. The standard InChI is InChI=1S/C11H17N5S/c1-7(2)16-11(10(12)8(3)14-16)17-9-5-13-15(4)6-9/h5-7H,12H2,1-4H3. The van der Waals surface area contributed by atoms with Crippen LogP contribution in [0.2, 0.25) is 0 Å². The Kier molecular flexibility index (Phi) is 3.15. The molecule has 0 saturated heterocycles. The summed E-state index contributed by atoms with van der Waals surface area (Å²) < 4.78 is 3.74. The topological polar surface area (TPSA) is 61.7 Å². The van der Waals surface area contributed by atoms with Gasteiger partial charge in [0.2, 0.25) is 0 Å². The molecule has 2 N–H and O–H groups in total. The van der Waals surface area contributed by atoms with Gasteiger partial charge in [0.1, 0.15) is 5.03 Å². The summed E-state index contributed by atoms with van der Waals surface area (Å²) in [5.74, 6) is 0. The van der Waals surface area contributed by atoms with Crippen LogP contribution in [0.4, 0.5) is 5.69 Å². The van der Waals surface area contributed by atoms with Gasteiger partial charge in [0.15, 0.2) is 0 Å². The van der Waals surface area contributed by atoms with Gasteiger partial charge < -0.3 is 5.73 Å². The highest BCUT2D eigenvalue weighted by Gasteiger charge is 2.16. The lowest BCUT2D eigenvalue weighted by molar-refractivity contribution is 0.491. The molecule has 0 atom stereocenters. The number of aromatic nitrogens is 4. The summed E-state index contributed by atoms with van der Waals surface area (Å²) in [7, 11) is 1.90. The van der Waals surface area contributed by atoms with Gasteiger partial charge in [-0.2, -0.15) is 10.2 Å². The molecule has 2 rings (SSSR count). The molecule has 2 aromatic rings. The maximum atomic E-state index is 6.06. The third kappa shape index (κ3) is 2.31. The smallest absolute Gasteiger partial charge is 0.122 e. The minimum Gasteiger partial charge on any atom is -0.395 e. The van der Waals surface area contributed by atoms with Gasteiger partial charge in [-0.05, 0) is 20.8 Å². The van der Waals surface area contributed by atoms with Gasteiger partial charge in [-0.15, -0.1) is 0 Å². The molecule has 0 aliphatic rings. The van der Waals surface area contributed by atoms with Crippen LogP contribution >= 0.6 is 11.8 Å². The fourth-order valence-corrected chi connectivity index (χ4v) is 2.69. The molecule has 2 aromatic heterocycles. The van der Waals surface area contributed by atoms with E-state index in [1.165, 1.54) is 0 Å².